The minimum absolute atomic E-state index is 0.220. The van der Waals surface area contributed by atoms with Crippen molar-refractivity contribution in [2.24, 2.45) is 0 Å². The van der Waals surface area contributed by atoms with Crippen molar-refractivity contribution in [2.75, 3.05) is 13.2 Å². The van der Waals surface area contributed by atoms with Gasteiger partial charge in [0.15, 0.2) is 5.60 Å². The third-order valence-electron chi connectivity index (χ3n) is 5.07. The van der Waals surface area contributed by atoms with Crippen molar-refractivity contribution in [2.45, 2.75) is 50.3 Å². The summed E-state index contributed by atoms with van der Waals surface area (Å²) in [6.45, 7) is 3.57. The molecule has 0 aromatic heterocycles. The lowest BCUT2D eigenvalue weighted by Gasteiger charge is -2.38. The van der Waals surface area contributed by atoms with E-state index in [1.807, 2.05) is 6.92 Å². The monoisotopic (exact) mass is 285 g/mol. The maximum Gasteiger partial charge on any atom is 0.332 e. The zero-order chi connectivity index (χ0) is 14.4. The molecule has 3 aliphatic heterocycles. The van der Waals surface area contributed by atoms with Crippen molar-refractivity contribution in [3.8, 4) is 12.0 Å². The maximum atomic E-state index is 11.9. The van der Waals surface area contributed by atoms with Gasteiger partial charge in [0, 0.05) is 29.7 Å². The largest absolute Gasteiger partial charge is 0.449 e. The highest BCUT2D eigenvalue weighted by atomic mass is 16.6. The summed E-state index contributed by atoms with van der Waals surface area (Å²) < 4.78 is 11.0. The van der Waals surface area contributed by atoms with E-state index in [0.717, 1.165) is 30.5 Å². The SMILES string of the molecule is CCOC#CC1=CC2CC3(OC(=O)C=C13)C1CCCCN21. The third kappa shape index (κ3) is 1.77. The fraction of sp³-hybridized carbons (Fsp3) is 0.588. The van der Waals surface area contributed by atoms with E-state index in [2.05, 4.69) is 23.0 Å². The van der Waals surface area contributed by atoms with Crippen LogP contribution >= 0.6 is 0 Å². The summed E-state index contributed by atoms with van der Waals surface area (Å²) in [6, 6.07) is 0.654. The van der Waals surface area contributed by atoms with Gasteiger partial charge in [-0.05, 0) is 32.2 Å². The van der Waals surface area contributed by atoms with Gasteiger partial charge in [0.1, 0.15) is 6.11 Å². The smallest absolute Gasteiger partial charge is 0.332 e. The number of esters is 1. The number of rotatable bonds is 1. The zero-order valence-corrected chi connectivity index (χ0v) is 12.2. The second-order valence-electron chi connectivity index (χ2n) is 6.13. The molecule has 3 heterocycles. The van der Waals surface area contributed by atoms with E-state index in [1.165, 1.54) is 12.8 Å². The van der Waals surface area contributed by atoms with E-state index in [1.54, 1.807) is 6.08 Å². The molecule has 1 aliphatic carbocycles. The Balaban J connectivity index is 1.77. The molecule has 0 aromatic rings. The molecule has 0 saturated carbocycles. The van der Waals surface area contributed by atoms with Gasteiger partial charge in [0.05, 0.1) is 12.6 Å². The Kier molecular flexibility index (Phi) is 2.87. The number of fused-ring (bicyclic) bond motifs is 3. The normalized spacial score (nSPS) is 36.7. The van der Waals surface area contributed by atoms with E-state index in [9.17, 15) is 4.79 Å². The van der Waals surface area contributed by atoms with Gasteiger partial charge >= 0.3 is 5.97 Å². The van der Waals surface area contributed by atoms with Crippen LogP contribution in [0.2, 0.25) is 0 Å². The highest BCUT2D eigenvalue weighted by Crippen LogP contribution is 2.53. The number of hydrogen-bond acceptors (Lipinski definition) is 4. The molecule has 2 fully saturated rings. The number of ether oxygens (including phenoxy) is 2. The van der Waals surface area contributed by atoms with Crippen LogP contribution in [0, 0.1) is 12.0 Å². The molecule has 2 saturated heterocycles. The Hall–Kier alpha value is -1.73. The Morgan fingerprint density at radius 1 is 1.52 bits per heavy atom. The van der Waals surface area contributed by atoms with Crippen LogP contribution in [0.4, 0.5) is 0 Å². The first-order chi connectivity index (χ1) is 10.2. The molecule has 21 heavy (non-hydrogen) atoms. The van der Waals surface area contributed by atoms with Crippen LogP contribution in [-0.4, -0.2) is 41.7 Å². The van der Waals surface area contributed by atoms with Crippen molar-refractivity contribution >= 4 is 5.97 Å². The Morgan fingerprint density at radius 3 is 3.29 bits per heavy atom. The van der Waals surface area contributed by atoms with Crippen molar-refractivity contribution < 1.29 is 14.3 Å². The van der Waals surface area contributed by atoms with Gasteiger partial charge in [-0.15, -0.1) is 0 Å². The Bertz CT molecular complexity index is 609. The summed E-state index contributed by atoms with van der Waals surface area (Å²) >= 11 is 0. The highest BCUT2D eigenvalue weighted by molar-refractivity contribution is 5.90. The molecule has 0 radical (unpaired) electrons. The van der Waals surface area contributed by atoms with Crippen molar-refractivity contribution in [3.05, 3.63) is 23.3 Å². The molecule has 4 rings (SSSR count). The van der Waals surface area contributed by atoms with Gasteiger partial charge in [0.2, 0.25) is 0 Å². The molecule has 0 amide bonds. The molecule has 4 nitrogen and oxygen atoms in total. The van der Waals surface area contributed by atoms with E-state index in [-0.39, 0.29) is 5.97 Å². The van der Waals surface area contributed by atoms with Crippen LogP contribution < -0.4 is 0 Å². The zero-order valence-electron chi connectivity index (χ0n) is 12.2. The predicted molar refractivity (Wildman–Crippen MR) is 77.1 cm³/mol. The molecule has 4 heteroatoms. The molecule has 3 atom stereocenters. The van der Waals surface area contributed by atoms with E-state index in [4.69, 9.17) is 9.47 Å². The van der Waals surface area contributed by atoms with Gasteiger partial charge in [-0.2, -0.15) is 0 Å². The van der Waals surface area contributed by atoms with Crippen LogP contribution in [0.3, 0.4) is 0 Å². The summed E-state index contributed by atoms with van der Waals surface area (Å²) in [6.07, 6.45) is 11.0. The highest BCUT2D eigenvalue weighted by Gasteiger charge is 2.61. The van der Waals surface area contributed by atoms with E-state index < -0.39 is 5.60 Å². The van der Waals surface area contributed by atoms with Gasteiger partial charge in [-0.1, -0.05) is 12.5 Å². The molecule has 3 unspecified atom stereocenters. The van der Waals surface area contributed by atoms with E-state index in [0.29, 0.717) is 18.7 Å². The molecular formula is C17H19NO3. The second kappa shape index (κ2) is 4.64. The molecule has 110 valence electrons. The minimum Gasteiger partial charge on any atom is -0.449 e. The Labute approximate surface area is 124 Å². The quantitative estimate of drug-likeness (QED) is 0.544. The van der Waals surface area contributed by atoms with Gasteiger partial charge in [-0.3, -0.25) is 4.90 Å². The van der Waals surface area contributed by atoms with Crippen molar-refractivity contribution in [1.29, 1.82) is 0 Å². The first-order valence-electron chi connectivity index (χ1n) is 7.80. The molecule has 2 bridgehead atoms. The molecule has 4 aliphatic rings. The summed E-state index contributed by atoms with van der Waals surface area (Å²) in [5, 5.41) is 0. The number of piperidine rings is 1. The summed E-state index contributed by atoms with van der Waals surface area (Å²) in [4.78, 5) is 14.4. The van der Waals surface area contributed by atoms with Gasteiger partial charge in [0.25, 0.3) is 0 Å². The fourth-order valence-corrected chi connectivity index (χ4v) is 4.33. The summed E-state index contributed by atoms with van der Waals surface area (Å²) in [5.41, 5.74) is 1.44. The lowest BCUT2D eigenvalue weighted by Crippen LogP contribution is -2.48. The molecule has 0 N–H and O–H groups in total. The van der Waals surface area contributed by atoms with Crippen LogP contribution in [0.5, 0.6) is 0 Å². The standard InChI is InChI=1S/C17H19NO3/c1-2-20-8-6-12-9-13-11-17(14(12)10-16(19)21-17)15-5-3-4-7-18(13)15/h9-10,13,15H,2-5,7,11H2,1H3. The van der Waals surface area contributed by atoms with Crippen molar-refractivity contribution in [3.63, 3.8) is 0 Å². The number of carbonyl (C=O) groups is 1. The second-order valence-corrected chi connectivity index (χ2v) is 6.13. The molecule has 0 aromatic carbocycles. The van der Waals surface area contributed by atoms with Crippen molar-refractivity contribution in [1.82, 2.24) is 4.90 Å². The molecule has 1 spiro atoms. The Morgan fingerprint density at radius 2 is 2.43 bits per heavy atom. The first-order valence-corrected chi connectivity index (χ1v) is 7.80. The van der Waals surface area contributed by atoms with Gasteiger partial charge in [-0.25, -0.2) is 4.79 Å². The minimum atomic E-state index is -0.451. The number of hydrogen-bond donors (Lipinski definition) is 0. The summed E-state index contributed by atoms with van der Waals surface area (Å²) in [7, 11) is 0. The van der Waals surface area contributed by atoms with Crippen LogP contribution in [0.1, 0.15) is 32.6 Å². The van der Waals surface area contributed by atoms with E-state index >= 15 is 0 Å². The summed E-state index contributed by atoms with van der Waals surface area (Å²) in [5.74, 6) is 2.86. The van der Waals surface area contributed by atoms with Gasteiger partial charge < -0.3 is 9.47 Å². The average Bonchev–Trinajstić information content (AvgIpc) is 2.96. The predicted octanol–water partition coefficient (Wildman–Crippen LogP) is 1.77. The number of carbonyl (C=O) groups excluding carboxylic acids is 1. The third-order valence-corrected chi connectivity index (χ3v) is 5.07. The topological polar surface area (TPSA) is 38.8 Å². The van der Waals surface area contributed by atoms with Crippen LogP contribution in [-0.2, 0) is 14.3 Å². The van der Waals surface area contributed by atoms with Crippen LogP contribution in [0.25, 0.3) is 0 Å². The van der Waals surface area contributed by atoms with Crippen LogP contribution in [0.15, 0.2) is 23.3 Å². The maximum absolute atomic E-state index is 11.9. The first kappa shape index (κ1) is 13.0. The average molecular weight is 285 g/mol. The lowest BCUT2D eigenvalue weighted by molar-refractivity contribution is -0.148. The fourth-order valence-electron chi connectivity index (χ4n) is 4.33. The molecular weight excluding hydrogens is 266 g/mol. The lowest BCUT2D eigenvalue weighted by atomic mass is 9.77. The number of nitrogens with zero attached hydrogens (tertiary/aromatic N) is 1.